The van der Waals surface area contributed by atoms with Gasteiger partial charge in [0.1, 0.15) is 11.9 Å². The van der Waals surface area contributed by atoms with Crippen molar-refractivity contribution < 1.29 is 17.9 Å². The van der Waals surface area contributed by atoms with E-state index in [2.05, 4.69) is 4.72 Å². The third-order valence-corrected chi connectivity index (χ3v) is 5.70. The fourth-order valence-electron chi connectivity index (χ4n) is 1.73. The van der Waals surface area contributed by atoms with Gasteiger partial charge in [-0.1, -0.05) is 11.6 Å². The predicted molar refractivity (Wildman–Crippen MR) is 80.6 cm³/mol. The van der Waals surface area contributed by atoms with Gasteiger partial charge in [-0.05, 0) is 42.1 Å². The molecule has 1 atom stereocenters. The summed E-state index contributed by atoms with van der Waals surface area (Å²) in [5.74, 6) is -0.690. The Balaban J connectivity index is 2.11. The van der Waals surface area contributed by atoms with Gasteiger partial charge in [-0.3, -0.25) is 0 Å². The summed E-state index contributed by atoms with van der Waals surface area (Å²) in [6, 6.07) is 4.97. The number of halogens is 2. The van der Waals surface area contributed by atoms with Gasteiger partial charge in [0.15, 0.2) is 0 Å². The molecule has 1 heterocycles. The van der Waals surface area contributed by atoms with E-state index in [9.17, 15) is 17.9 Å². The smallest absolute Gasteiger partial charge is 0.240 e. The van der Waals surface area contributed by atoms with Crippen LogP contribution in [0.4, 0.5) is 4.39 Å². The Morgan fingerprint density at radius 3 is 2.71 bits per heavy atom. The van der Waals surface area contributed by atoms with Crippen molar-refractivity contribution in [2.45, 2.75) is 17.9 Å². The highest BCUT2D eigenvalue weighted by Gasteiger charge is 2.19. The van der Waals surface area contributed by atoms with Crippen LogP contribution in [0.2, 0.25) is 5.02 Å². The fourth-order valence-corrected chi connectivity index (χ4v) is 3.96. The second-order valence-corrected chi connectivity index (χ2v) is 7.53. The van der Waals surface area contributed by atoms with Gasteiger partial charge in [0, 0.05) is 11.4 Å². The summed E-state index contributed by atoms with van der Waals surface area (Å²) >= 11 is 6.92. The Morgan fingerprint density at radius 2 is 2.14 bits per heavy atom. The number of aliphatic hydroxyl groups is 1. The van der Waals surface area contributed by atoms with Crippen molar-refractivity contribution in [1.82, 2.24) is 4.72 Å². The molecule has 0 aliphatic carbocycles. The molecule has 0 saturated carbocycles. The molecule has 1 aromatic carbocycles. The Hall–Kier alpha value is -0.990. The van der Waals surface area contributed by atoms with Crippen LogP contribution in [-0.4, -0.2) is 20.1 Å². The van der Waals surface area contributed by atoms with Crippen molar-refractivity contribution in [3.8, 4) is 0 Å². The number of hydrogen-bond acceptors (Lipinski definition) is 4. The molecule has 0 aliphatic heterocycles. The number of nitrogens with one attached hydrogen (secondary N) is 1. The topological polar surface area (TPSA) is 66.4 Å². The number of thiophene rings is 1. The predicted octanol–water partition coefficient (Wildman–Crippen LogP) is 2.86. The van der Waals surface area contributed by atoms with Crippen LogP contribution in [0.3, 0.4) is 0 Å². The van der Waals surface area contributed by atoms with E-state index < -0.39 is 21.9 Å². The molecular weight excluding hydrogens is 337 g/mol. The zero-order valence-corrected chi connectivity index (χ0v) is 13.4. The molecule has 2 N–H and O–H groups in total. The first kappa shape index (κ1) is 16.4. The monoisotopic (exact) mass is 349 g/mol. The average Bonchev–Trinajstić information content (AvgIpc) is 2.85. The highest BCUT2D eigenvalue weighted by atomic mass is 35.5. The van der Waals surface area contributed by atoms with E-state index in [4.69, 9.17) is 11.6 Å². The molecule has 2 rings (SSSR count). The molecule has 0 bridgehead atoms. The van der Waals surface area contributed by atoms with Gasteiger partial charge < -0.3 is 5.11 Å². The van der Waals surface area contributed by atoms with Crippen LogP contribution in [0.15, 0.2) is 34.5 Å². The molecule has 0 unspecified atom stereocenters. The number of rotatable bonds is 5. The molecule has 8 heteroatoms. The summed E-state index contributed by atoms with van der Waals surface area (Å²) in [5.41, 5.74) is 0.900. The summed E-state index contributed by atoms with van der Waals surface area (Å²) in [4.78, 5) is 0.554. The van der Waals surface area contributed by atoms with Crippen molar-refractivity contribution in [1.29, 1.82) is 0 Å². The molecule has 0 aliphatic rings. The number of aryl methyl sites for hydroxylation is 1. The molecule has 0 saturated heterocycles. The van der Waals surface area contributed by atoms with Crippen LogP contribution in [0.5, 0.6) is 0 Å². The molecule has 2 aromatic rings. The van der Waals surface area contributed by atoms with E-state index in [1.165, 1.54) is 11.3 Å². The minimum absolute atomic E-state index is 0.149. The summed E-state index contributed by atoms with van der Waals surface area (Å²) in [6.07, 6.45) is -0.935. The normalized spacial score (nSPS) is 13.3. The van der Waals surface area contributed by atoms with Crippen molar-refractivity contribution in [3.63, 3.8) is 0 Å². The van der Waals surface area contributed by atoms with Crippen LogP contribution in [0.25, 0.3) is 0 Å². The van der Waals surface area contributed by atoms with Crippen molar-refractivity contribution in [2.75, 3.05) is 6.54 Å². The molecule has 0 radical (unpaired) electrons. The number of aliphatic hydroxyl groups excluding tert-OH is 1. The lowest BCUT2D eigenvalue weighted by Gasteiger charge is -2.12. The average molecular weight is 350 g/mol. The maximum Gasteiger partial charge on any atom is 0.240 e. The van der Waals surface area contributed by atoms with Gasteiger partial charge in [-0.2, -0.15) is 0 Å². The van der Waals surface area contributed by atoms with Crippen molar-refractivity contribution >= 4 is 33.0 Å². The van der Waals surface area contributed by atoms with Crippen LogP contribution < -0.4 is 4.72 Å². The first-order chi connectivity index (χ1) is 9.81. The third kappa shape index (κ3) is 3.81. The molecule has 0 spiro atoms. The maximum absolute atomic E-state index is 13.0. The van der Waals surface area contributed by atoms with Crippen molar-refractivity contribution in [2.24, 2.45) is 0 Å². The first-order valence-electron chi connectivity index (χ1n) is 5.98. The molecule has 114 valence electrons. The maximum atomic E-state index is 13.0. The largest absolute Gasteiger partial charge is 0.386 e. The summed E-state index contributed by atoms with van der Waals surface area (Å²) in [6.45, 7) is 1.67. The van der Waals surface area contributed by atoms with Crippen LogP contribution in [0.1, 0.15) is 16.5 Å². The Bertz CT molecular complexity index is 746. The molecule has 1 aromatic heterocycles. The SMILES string of the molecule is Cc1ccsc1[C@@H](O)CNS(=O)(=O)c1ccc(F)c(Cl)c1. The van der Waals surface area contributed by atoms with Crippen LogP contribution in [0, 0.1) is 12.7 Å². The Kier molecular flexibility index (Phi) is 5.00. The van der Waals surface area contributed by atoms with E-state index in [-0.39, 0.29) is 16.5 Å². The highest BCUT2D eigenvalue weighted by molar-refractivity contribution is 7.89. The molecule has 21 heavy (non-hydrogen) atoms. The zero-order valence-electron chi connectivity index (χ0n) is 11.0. The van der Waals surface area contributed by atoms with E-state index in [1.807, 2.05) is 18.4 Å². The first-order valence-corrected chi connectivity index (χ1v) is 8.72. The summed E-state index contributed by atoms with van der Waals surface area (Å²) in [5, 5.41) is 11.5. The summed E-state index contributed by atoms with van der Waals surface area (Å²) < 4.78 is 39.4. The highest BCUT2D eigenvalue weighted by Crippen LogP contribution is 2.24. The lowest BCUT2D eigenvalue weighted by molar-refractivity contribution is 0.185. The number of hydrogen-bond donors (Lipinski definition) is 2. The third-order valence-electron chi connectivity index (χ3n) is 2.87. The molecule has 4 nitrogen and oxygen atoms in total. The lowest BCUT2D eigenvalue weighted by atomic mass is 10.2. The standard InChI is InChI=1S/C13H13ClFNO3S2/c1-8-4-5-20-13(8)12(17)7-16-21(18,19)9-2-3-11(15)10(14)6-9/h2-6,12,16-17H,7H2,1H3/t12-/m0/s1. The second-order valence-electron chi connectivity index (χ2n) is 4.41. The van der Waals surface area contributed by atoms with Gasteiger partial charge in [0.2, 0.25) is 10.0 Å². The van der Waals surface area contributed by atoms with Gasteiger partial charge in [-0.25, -0.2) is 17.5 Å². The molecular formula is C13H13ClFNO3S2. The van der Waals surface area contributed by atoms with E-state index in [1.54, 1.807) is 0 Å². The van der Waals surface area contributed by atoms with Gasteiger partial charge in [0.05, 0.1) is 9.92 Å². The quantitative estimate of drug-likeness (QED) is 0.872. The van der Waals surface area contributed by atoms with Gasteiger partial charge >= 0.3 is 0 Å². The van der Waals surface area contributed by atoms with Crippen molar-refractivity contribution in [3.05, 3.63) is 50.9 Å². The zero-order chi connectivity index (χ0) is 15.6. The molecule has 0 fully saturated rings. The van der Waals surface area contributed by atoms with E-state index in [0.29, 0.717) is 4.88 Å². The van der Waals surface area contributed by atoms with Crippen LogP contribution in [-0.2, 0) is 10.0 Å². The fraction of sp³-hybridized carbons (Fsp3) is 0.231. The number of benzene rings is 1. The lowest BCUT2D eigenvalue weighted by Crippen LogP contribution is -2.28. The van der Waals surface area contributed by atoms with Crippen LogP contribution >= 0.6 is 22.9 Å². The Labute approximate surface area is 131 Å². The summed E-state index contributed by atoms with van der Waals surface area (Å²) in [7, 11) is -3.86. The van der Waals surface area contributed by atoms with Gasteiger partial charge in [-0.15, -0.1) is 11.3 Å². The minimum Gasteiger partial charge on any atom is -0.386 e. The van der Waals surface area contributed by atoms with Gasteiger partial charge in [0.25, 0.3) is 0 Å². The number of sulfonamides is 1. The minimum atomic E-state index is -3.86. The van der Waals surface area contributed by atoms with E-state index >= 15 is 0 Å². The van der Waals surface area contributed by atoms with E-state index in [0.717, 1.165) is 23.8 Å². The Morgan fingerprint density at radius 1 is 1.43 bits per heavy atom. The second kappa shape index (κ2) is 6.41. The molecule has 0 amide bonds.